The fraction of sp³-hybridized carbons (Fsp3) is 0.440. The van der Waals surface area contributed by atoms with Crippen LogP contribution >= 0.6 is 0 Å². The van der Waals surface area contributed by atoms with Crippen LogP contribution in [0.15, 0.2) is 42.5 Å². The second-order valence-electron chi connectivity index (χ2n) is 8.88. The number of benzene rings is 2. The highest BCUT2D eigenvalue weighted by Gasteiger charge is 2.50. The lowest BCUT2D eigenvalue weighted by Crippen LogP contribution is -2.48. The summed E-state index contributed by atoms with van der Waals surface area (Å²) in [5.74, 6) is 1.93. The molecule has 2 N–H and O–H groups in total. The predicted octanol–water partition coefficient (Wildman–Crippen LogP) is 3.75. The molecule has 2 aliphatic rings. The van der Waals surface area contributed by atoms with E-state index in [0.717, 1.165) is 43.9 Å². The van der Waals surface area contributed by atoms with Crippen molar-refractivity contribution < 1.29 is 14.3 Å². The molecule has 0 spiro atoms. The van der Waals surface area contributed by atoms with Crippen LogP contribution in [0.1, 0.15) is 30.4 Å². The van der Waals surface area contributed by atoms with Crippen LogP contribution in [0.5, 0.6) is 11.5 Å². The number of nitriles is 1. The van der Waals surface area contributed by atoms with E-state index in [2.05, 4.69) is 40.8 Å². The van der Waals surface area contributed by atoms with Crippen LogP contribution in [-0.2, 0) is 5.41 Å². The number of hydrogen-bond acceptors (Lipinski definition) is 5. The lowest BCUT2D eigenvalue weighted by Gasteiger charge is -2.42. The number of urea groups is 1. The van der Waals surface area contributed by atoms with Gasteiger partial charge in [0.05, 0.1) is 25.9 Å². The van der Waals surface area contributed by atoms with E-state index < -0.39 is 0 Å². The molecule has 2 aromatic carbocycles. The van der Waals surface area contributed by atoms with Gasteiger partial charge in [-0.15, -0.1) is 0 Å². The Labute approximate surface area is 189 Å². The number of amides is 2. The van der Waals surface area contributed by atoms with Crippen LogP contribution in [0.2, 0.25) is 0 Å². The molecule has 1 unspecified atom stereocenters. The molecule has 7 heteroatoms. The summed E-state index contributed by atoms with van der Waals surface area (Å²) in [6, 6.07) is 15.2. The Balaban J connectivity index is 1.47. The fourth-order valence-corrected chi connectivity index (χ4v) is 5.47. The number of fused-ring (bicyclic) bond motifs is 1. The molecule has 7 nitrogen and oxygen atoms in total. The molecular formula is C25H30N4O3. The van der Waals surface area contributed by atoms with Crippen molar-refractivity contribution in [2.45, 2.75) is 30.7 Å². The van der Waals surface area contributed by atoms with Crippen molar-refractivity contribution in [3.8, 4) is 17.6 Å². The van der Waals surface area contributed by atoms with Crippen molar-refractivity contribution in [2.75, 3.05) is 39.7 Å². The highest BCUT2D eigenvalue weighted by atomic mass is 16.5. The highest BCUT2D eigenvalue weighted by Crippen LogP contribution is 2.49. The van der Waals surface area contributed by atoms with E-state index in [-0.39, 0.29) is 17.5 Å². The molecule has 1 aliphatic carbocycles. The third-order valence-electron chi connectivity index (χ3n) is 6.92. The van der Waals surface area contributed by atoms with Crippen molar-refractivity contribution in [3.63, 3.8) is 0 Å². The molecule has 1 saturated heterocycles. The minimum absolute atomic E-state index is 0.0457. The summed E-state index contributed by atoms with van der Waals surface area (Å²) in [5.41, 5.74) is 2.47. The van der Waals surface area contributed by atoms with Crippen molar-refractivity contribution in [1.29, 1.82) is 5.26 Å². The maximum atomic E-state index is 12.6. The van der Waals surface area contributed by atoms with Gasteiger partial charge in [0, 0.05) is 30.2 Å². The first kappa shape index (κ1) is 22.0. The van der Waals surface area contributed by atoms with Crippen molar-refractivity contribution >= 4 is 11.7 Å². The summed E-state index contributed by atoms with van der Waals surface area (Å²) in [6.45, 7) is 1.99. The topological polar surface area (TPSA) is 86.6 Å². The van der Waals surface area contributed by atoms with Crippen LogP contribution in [-0.4, -0.2) is 51.3 Å². The standard InChI is InChI=1S/C25H30N4O3/c1-29-15-19-12-21(28-24(30)27-20-6-4-5-17(11-20)14-26)9-10-25(19,16-29)18-7-8-22(31-2)23(13-18)32-3/h4-8,11,13,19,21H,9-10,12,15-16H2,1-3H3,(H2,27,28,30)/t19?,21-,25+/m1/s1. The second-order valence-corrected chi connectivity index (χ2v) is 8.88. The van der Waals surface area contributed by atoms with E-state index in [9.17, 15) is 4.79 Å². The number of methoxy groups -OCH3 is 2. The first-order valence-corrected chi connectivity index (χ1v) is 11.0. The van der Waals surface area contributed by atoms with Gasteiger partial charge in [-0.25, -0.2) is 4.79 Å². The van der Waals surface area contributed by atoms with Crippen LogP contribution in [0.25, 0.3) is 0 Å². The van der Waals surface area contributed by atoms with Crippen molar-refractivity contribution in [3.05, 3.63) is 53.6 Å². The average Bonchev–Trinajstić information content (AvgIpc) is 3.14. The lowest BCUT2D eigenvalue weighted by atomic mass is 9.63. The largest absolute Gasteiger partial charge is 0.493 e. The van der Waals surface area contributed by atoms with Gasteiger partial charge in [0.2, 0.25) is 0 Å². The van der Waals surface area contributed by atoms with Crippen LogP contribution in [0.4, 0.5) is 10.5 Å². The number of ether oxygens (including phenoxy) is 2. The maximum absolute atomic E-state index is 12.6. The number of hydrogen-bond donors (Lipinski definition) is 2. The maximum Gasteiger partial charge on any atom is 0.319 e. The molecule has 0 bridgehead atoms. The molecule has 2 amide bonds. The quantitative estimate of drug-likeness (QED) is 0.749. The van der Waals surface area contributed by atoms with Crippen molar-refractivity contribution in [2.24, 2.45) is 5.92 Å². The zero-order valence-corrected chi connectivity index (χ0v) is 18.9. The summed E-state index contributed by atoms with van der Waals surface area (Å²) < 4.78 is 11.0. The molecule has 4 rings (SSSR count). The highest BCUT2D eigenvalue weighted by molar-refractivity contribution is 5.89. The zero-order chi connectivity index (χ0) is 22.7. The Kier molecular flexibility index (Phi) is 6.24. The normalized spacial score (nSPS) is 24.8. The van der Waals surface area contributed by atoms with E-state index in [1.165, 1.54) is 5.56 Å². The van der Waals surface area contributed by atoms with E-state index in [0.29, 0.717) is 17.2 Å². The molecule has 2 aromatic rings. The molecule has 168 valence electrons. The Bertz CT molecular complexity index is 1030. The zero-order valence-electron chi connectivity index (χ0n) is 18.9. The van der Waals surface area contributed by atoms with Crippen LogP contribution in [0, 0.1) is 17.2 Å². The van der Waals surface area contributed by atoms with Crippen LogP contribution in [0.3, 0.4) is 0 Å². The molecule has 3 atom stereocenters. The van der Waals surface area contributed by atoms with Gasteiger partial charge in [0.1, 0.15) is 0 Å². The summed E-state index contributed by atoms with van der Waals surface area (Å²) in [7, 11) is 5.49. The van der Waals surface area contributed by atoms with E-state index in [1.807, 2.05) is 6.07 Å². The number of nitrogens with one attached hydrogen (secondary N) is 2. The SMILES string of the molecule is COc1ccc([C@@]23CC[C@@H](NC(=O)Nc4cccc(C#N)c4)CC2CN(C)C3)cc1OC. The third-order valence-corrected chi connectivity index (χ3v) is 6.92. The van der Waals surface area contributed by atoms with E-state index >= 15 is 0 Å². The summed E-state index contributed by atoms with van der Waals surface area (Å²) in [5, 5.41) is 15.1. The van der Waals surface area contributed by atoms with Gasteiger partial charge in [-0.2, -0.15) is 5.26 Å². The van der Waals surface area contributed by atoms with Gasteiger partial charge in [0.25, 0.3) is 0 Å². The fourth-order valence-electron chi connectivity index (χ4n) is 5.47. The van der Waals surface area contributed by atoms with Gasteiger partial charge >= 0.3 is 6.03 Å². The Hall–Kier alpha value is -3.24. The molecule has 1 saturated carbocycles. The number of carbonyl (C=O) groups excluding carboxylic acids is 1. The lowest BCUT2D eigenvalue weighted by molar-refractivity contribution is 0.197. The summed E-state index contributed by atoms with van der Waals surface area (Å²) >= 11 is 0. The first-order chi connectivity index (χ1) is 15.5. The smallest absolute Gasteiger partial charge is 0.319 e. The molecule has 1 heterocycles. The van der Waals surface area contributed by atoms with E-state index in [4.69, 9.17) is 14.7 Å². The molecule has 32 heavy (non-hydrogen) atoms. The number of nitrogens with zero attached hydrogens (tertiary/aromatic N) is 2. The molecule has 1 aliphatic heterocycles. The number of rotatable bonds is 5. The first-order valence-electron chi connectivity index (χ1n) is 11.0. The Morgan fingerprint density at radius 1 is 1.19 bits per heavy atom. The van der Waals surface area contributed by atoms with Gasteiger partial charge < -0.3 is 25.0 Å². The predicted molar refractivity (Wildman–Crippen MR) is 123 cm³/mol. The molecule has 0 aromatic heterocycles. The monoisotopic (exact) mass is 434 g/mol. The van der Waals surface area contributed by atoms with E-state index in [1.54, 1.807) is 38.5 Å². The van der Waals surface area contributed by atoms with Gasteiger partial charge in [-0.3, -0.25) is 0 Å². The Morgan fingerprint density at radius 2 is 2.00 bits per heavy atom. The van der Waals surface area contributed by atoms with Crippen LogP contribution < -0.4 is 20.1 Å². The molecule has 0 radical (unpaired) electrons. The minimum atomic E-state index is -0.227. The van der Waals surface area contributed by atoms with Gasteiger partial charge in [0.15, 0.2) is 11.5 Å². The van der Waals surface area contributed by atoms with Gasteiger partial charge in [-0.1, -0.05) is 12.1 Å². The van der Waals surface area contributed by atoms with Crippen molar-refractivity contribution in [1.82, 2.24) is 10.2 Å². The number of anilines is 1. The molecular weight excluding hydrogens is 404 g/mol. The number of carbonyl (C=O) groups is 1. The number of likely N-dealkylation sites (tertiary alicyclic amines) is 1. The van der Waals surface area contributed by atoms with Gasteiger partial charge in [-0.05, 0) is 68.1 Å². The Morgan fingerprint density at radius 3 is 2.75 bits per heavy atom. The second kappa shape index (κ2) is 9.09. The average molecular weight is 435 g/mol. The minimum Gasteiger partial charge on any atom is -0.493 e. The third kappa shape index (κ3) is 4.23. The summed E-state index contributed by atoms with van der Waals surface area (Å²) in [6.07, 6.45) is 2.82. The summed E-state index contributed by atoms with van der Waals surface area (Å²) in [4.78, 5) is 15.0. The molecule has 2 fully saturated rings. The number of likely N-dealkylation sites (N-methyl/N-ethyl adjacent to an activating group) is 1.